The van der Waals surface area contributed by atoms with Crippen molar-refractivity contribution in [3.8, 4) is 0 Å². The molecule has 1 unspecified atom stereocenters. The predicted molar refractivity (Wildman–Crippen MR) is 87.9 cm³/mol. The van der Waals surface area contributed by atoms with Crippen molar-refractivity contribution >= 4 is 15.8 Å². The molecular formula is C15H21F3N4O2S. The first-order chi connectivity index (χ1) is 11.6. The van der Waals surface area contributed by atoms with E-state index in [0.29, 0.717) is 24.5 Å². The monoisotopic (exact) mass is 378 g/mol. The van der Waals surface area contributed by atoms with Gasteiger partial charge in [-0.15, -0.1) is 6.58 Å². The fourth-order valence-corrected chi connectivity index (χ4v) is 4.75. The van der Waals surface area contributed by atoms with Gasteiger partial charge in [-0.05, 0) is 19.8 Å². The summed E-state index contributed by atoms with van der Waals surface area (Å²) in [5, 5.41) is 7.19. The lowest BCUT2D eigenvalue weighted by atomic mass is 10.0. The van der Waals surface area contributed by atoms with Crippen LogP contribution in [-0.4, -0.2) is 53.6 Å². The zero-order chi connectivity index (χ0) is 18.4. The molecule has 3 atom stereocenters. The van der Waals surface area contributed by atoms with Gasteiger partial charge in [0, 0.05) is 31.1 Å². The van der Waals surface area contributed by atoms with Crippen LogP contribution < -0.4 is 5.32 Å². The van der Waals surface area contributed by atoms with Gasteiger partial charge in [-0.3, -0.25) is 0 Å². The summed E-state index contributed by atoms with van der Waals surface area (Å²) in [4.78, 5) is 0. The van der Waals surface area contributed by atoms with Crippen LogP contribution in [0.5, 0.6) is 0 Å². The molecule has 3 heterocycles. The summed E-state index contributed by atoms with van der Waals surface area (Å²) in [5.41, 5.74) is 0.502. The number of anilines is 1. The van der Waals surface area contributed by atoms with E-state index in [0.717, 1.165) is 4.68 Å². The van der Waals surface area contributed by atoms with Crippen molar-refractivity contribution < 1.29 is 21.6 Å². The molecule has 0 bridgehead atoms. The average molecular weight is 378 g/mol. The number of rotatable bonds is 4. The van der Waals surface area contributed by atoms with Crippen molar-refractivity contribution in [3.63, 3.8) is 0 Å². The molecule has 1 N–H and O–H groups in total. The Labute approximate surface area is 144 Å². The molecule has 25 heavy (non-hydrogen) atoms. The highest BCUT2D eigenvalue weighted by Gasteiger charge is 2.46. The summed E-state index contributed by atoms with van der Waals surface area (Å²) in [7, 11) is -3.41. The Hall–Kier alpha value is -1.55. The van der Waals surface area contributed by atoms with E-state index < -0.39 is 22.2 Å². The Kier molecular flexibility index (Phi) is 4.61. The fourth-order valence-electron chi connectivity index (χ4n) is 3.45. The summed E-state index contributed by atoms with van der Waals surface area (Å²) >= 11 is 0. The van der Waals surface area contributed by atoms with Gasteiger partial charge in [-0.2, -0.15) is 18.3 Å². The third kappa shape index (κ3) is 3.55. The minimum atomic E-state index is -4.37. The number of sulfonamides is 1. The lowest BCUT2D eigenvalue weighted by molar-refractivity contribution is -0.173. The first kappa shape index (κ1) is 18.2. The highest BCUT2D eigenvalue weighted by atomic mass is 32.2. The quantitative estimate of drug-likeness (QED) is 0.818. The second kappa shape index (κ2) is 6.31. The smallest absolute Gasteiger partial charge is 0.368 e. The molecule has 10 heteroatoms. The molecule has 1 fully saturated rings. The van der Waals surface area contributed by atoms with Gasteiger partial charge in [0.05, 0.1) is 11.4 Å². The number of aromatic nitrogens is 2. The average Bonchev–Trinajstić information content (AvgIpc) is 3.11. The van der Waals surface area contributed by atoms with Crippen LogP contribution in [-0.2, 0) is 10.0 Å². The SMILES string of the molecule is C=CCS(=O)(=O)N1CCC(c2cc3n(n2)[C@@H](C(F)(F)F)C[C@@H](C)N3)C1. The molecule has 140 valence electrons. The van der Waals surface area contributed by atoms with Crippen LogP contribution in [0.1, 0.15) is 37.4 Å². The van der Waals surface area contributed by atoms with E-state index in [4.69, 9.17) is 0 Å². The van der Waals surface area contributed by atoms with E-state index >= 15 is 0 Å². The van der Waals surface area contributed by atoms with Gasteiger partial charge >= 0.3 is 6.18 Å². The van der Waals surface area contributed by atoms with Crippen molar-refractivity contribution in [2.75, 3.05) is 24.2 Å². The topological polar surface area (TPSA) is 67.2 Å². The van der Waals surface area contributed by atoms with Crippen molar-refractivity contribution in [1.82, 2.24) is 14.1 Å². The van der Waals surface area contributed by atoms with Gasteiger partial charge in [-0.1, -0.05) is 6.08 Å². The Bertz CT molecular complexity index is 759. The molecule has 0 saturated carbocycles. The summed E-state index contributed by atoms with van der Waals surface area (Å²) in [6.45, 7) is 5.72. The summed E-state index contributed by atoms with van der Waals surface area (Å²) < 4.78 is 66.4. The molecule has 0 spiro atoms. The number of nitrogens with one attached hydrogen (secondary N) is 1. The second-order valence-electron chi connectivity index (χ2n) is 6.65. The van der Waals surface area contributed by atoms with Crippen molar-refractivity contribution in [3.05, 3.63) is 24.4 Å². The molecule has 2 aliphatic rings. The second-order valence-corrected chi connectivity index (χ2v) is 8.66. The molecule has 2 aliphatic heterocycles. The highest BCUT2D eigenvalue weighted by Crippen LogP contribution is 2.40. The van der Waals surface area contributed by atoms with Crippen molar-refractivity contribution in [1.29, 1.82) is 0 Å². The minimum Gasteiger partial charge on any atom is -0.368 e. The number of hydrogen-bond acceptors (Lipinski definition) is 4. The van der Waals surface area contributed by atoms with E-state index in [1.54, 1.807) is 13.0 Å². The number of hydrogen-bond donors (Lipinski definition) is 1. The number of nitrogens with zero attached hydrogens (tertiary/aromatic N) is 3. The summed E-state index contributed by atoms with van der Waals surface area (Å²) in [5.74, 6) is -0.0126. The molecule has 1 aromatic rings. The molecule has 3 rings (SSSR count). The molecule has 0 aliphatic carbocycles. The van der Waals surface area contributed by atoms with Crippen LogP contribution in [0.3, 0.4) is 0 Å². The fraction of sp³-hybridized carbons (Fsp3) is 0.667. The standard InChI is InChI=1S/C15H21F3N4O2S/c1-3-6-25(23,24)21-5-4-11(9-21)12-8-14-19-10(2)7-13(15(16,17)18)22(14)20-12/h3,8,10-11,13,19H,1,4-7,9H2,2H3/t10-,11?,13-/m1/s1. The lowest BCUT2D eigenvalue weighted by Crippen LogP contribution is -2.37. The third-order valence-electron chi connectivity index (χ3n) is 4.69. The maximum Gasteiger partial charge on any atom is 0.410 e. The van der Waals surface area contributed by atoms with Crippen LogP contribution in [0.4, 0.5) is 19.0 Å². The summed E-state index contributed by atoms with van der Waals surface area (Å²) in [6.07, 6.45) is -2.58. The molecule has 0 amide bonds. The Balaban J connectivity index is 1.83. The van der Waals surface area contributed by atoms with E-state index in [-0.39, 0.29) is 30.7 Å². The zero-order valence-electron chi connectivity index (χ0n) is 13.8. The Morgan fingerprint density at radius 2 is 2.20 bits per heavy atom. The number of alkyl halides is 3. The van der Waals surface area contributed by atoms with Crippen LogP contribution in [0, 0.1) is 0 Å². The van der Waals surface area contributed by atoms with E-state index in [1.807, 2.05) is 0 Å². The summed E-state index contributed by atoms with van der Waals surface area (Å²) in [6, 6.07) is -0.353. The molecule has 1 aromatic heterocycles. The van der Waals surface area contributed by atoms with Crippen LogP contribution in [0.25, 0.3) is 0 Å². The van der Waals surface area contributed by atoms with Crippen molar-refractivity contribution in [2.24, 2.45) is 0 Å². The van der Waals surface area contributed by atoms with E-state index in [2.05, 4.69) is 17.0 Å². The van der Waals surface area contributed by atoms with Gasteiger partial charge in [0.1, 0.15) is 5.82 Å². The largest absolute Gasteiger partial charge is 0.410 e. The molecule has 0 aromatic carbocycles. The van der Waals surface area contributed by atoms with Gasteiger partial charge in [0.2, 0.25) is 10.0 Å². The first-order valence-corrected chi connectivity index (χ1v) is 9.74. The Morgan fingerprint density at radius 1 is 1.48 bits per heavy atom. The molecular weight excluding hydrogens is 357 g/mol. The molecule has 1 saturated heterocycles. The van der Waals surface area contributed by atoms with E-state index in [1.165, 1.54) is 10.4 Å². The van der Waals surface area contributed by atoms with E-state index in [9.17, 15) is 21.6 Å². The normalized spacial score (nSPS) is 27.8. The Morgan fingerprint density at radius 3 is 2.84 bits per heavy atom. The van der Waals surface area contributed by atoms with Gasteiger partial charge in [0.15, 0.2) is 6.04 Å². The maximum absolute atomic E-state index is 13.3. The molecule has 6 nitrogen and oxygen atoms in total. The zero-order valence-corrected chi connectivity index (χ0v) is 14.6. The maximum atomic E-state index is 13.3. The van der Waals surface area contributed by atoms with Gasteiger partial charge < -0.3 is 5.32 Å². The minimum absolute atomic E-state index is 0.0812. The third-order valence-corrected chi connectivity index (χ3v) is 6.47. The van der Waals surface area contributed by atoms with Crippen LogP contribution >= 0.6 is 0 Å². The van der Waals surface area contributed by atoms with Crippen LogP contribution in [0.2, 0.25) is 0 Å². The predicted octanol–water partition coefficient (Wildman–Crippen LogP) is 2.50. The van der Waals surface area contributed by atoms with Crippen molar-refractivity contribution in [2.45, 2.75) is 43.9 Å². The number of halogens is 3. The van der Waals surface area contributed by atoms with Crippen LogP contribution in [0.15, 0.2) is 18.7 Å². The van der Waals surface area contributed by atoms with Gasteiger partial charge in [-0.25, -0.2) is 17.4 Å². The molecule has 0 radical (unpaired) electrons. The lowest BCUT2D eigenvalue weighted by Gasteiger charge is -2.31. The number of fused-ring (bicyclic) bond motifs is 1. The van der Waals surface area contributed by atoms with Gasteiger partial charge in [0.25, 0.3) is 0 Å². The highest BCUT2D eigenvalue weighted by molar-refractivity contribution is 7.89. The first-order valence-electron chi connectivity index (χ1n) is 8.13.